The van der Waals surface area contributed by atoms with Crippen LogP contribution in [0.3, 0.4) is 0 Å². The van der Waals surface area contributed by atoms with Crippen molar-refractivity contribution in [1.82, 2.24) is 15.0 Å². The lowest BCUT2D eigenvalue weighted by atomic mass is 9.89. The third kappa shape index (κ3) is 2.91. The summed E-state index contributed by atoms with van der Waals surface area (Å²) in [5.74, 6) is 0.729. The van der Waals surface area contributed by atoms with Gasteiger partial charge in [0.1, 0.15) is 11.8 Å². The Hall–Kier alpha value is -2.25. The van der Waals surface area contributed by atoms with E-state index >= 15 is 0 Å². The molecular weight excluding hydrogens is 330 g/mol. The first-order valence-electron chi connectivity index (χ1n) is 9.08. The Morgan fingerprint density at radius 1 is 1.23 bits per heavy atom. The van der Waals surface area contributed by atoms with Gasteiger partial charge in [0, 0.05) is 17.7 Å². The van der Waals surface area contributed by atoms with E-state index in [0.717, 1.165) is 47.5 Å². The first kappa shape index (κ1) is 17.2. The molecule has 4 heterocycles. The monoisotopic (exact) mass is 356 g/mol. The van der Waals surface area contributed by atoms with Crippen molar-refractivity contribution in [2.75, 3.05) is 32.5 Å². The van der Waals surface area contributed by atoms with E-state index in [-0.39, 0.29) is 5.60 Å². The number of aryl methyl sites for hydroxylation is 1. The van der Waals surface area contributed by atoms with E-state index in [1.54, 1.807) is 6.33 Å². The van der Waals surface area contributed by atoms with Crippen molar-refractivity contribution >= 4 is 28.0 Å². The molecule has 0 amide bonds. The smallest absolute Gasteiger partial charge is 0.229 e. The molecule has 0 aliphatic carbocycles. The maximum absolute atomic E-state index is 6.11. The molecule has 0 unspecified atom stereocenters. The first-order valence-corrected chi connectivity index (χ1v) is 9.08. The van der Waals surface area contributed by atoms with Gasteiger partial charge in [0.25, 0.3) is 0 Å². The highest BCUT2D eigenvalue weighted by Crippen LogP contribution is 2.39. The van der Waals surface area contributed by atoms with Crippen LogP contribution in [0.4, 0.5) is 5.82 Å². The fourth-order valence-corrected chi connectivity index (χ4v) is 3.53. The predicted molar refractivity (Wildman–Crippen MR) is 101 cm³/mol. The summed E-state index contributed by atoms with van der Waals surface area (Å²) < 4.78 is 12.1. The van der Waals surface area contributed by atoms with E-state index < -0.39 is 0 Å². The second-order valence-corrected chi connectivity index (χ2v) is 7.95. The zero-order chi connectivity index (χ0) is 18.5. The number of anilines is 1. The first-order chi connectivity index (χ1) is 12.4. The summed E-state index contributed by atoms with van der Waals surface area (Å²) in [4.78, 5) is 15.0. The normalized spacial score (nSPS) is 16.4. The molecule has 7 heteroatoms. The number of furan rings is 1. The highest BCUT2D eigenvalue weighted by atomic mass is 16.5. The lowest BCUT2D eigenvalue weighted by molar-refractivity contribution is -0.856. The van der Waals surface area contributed by atoms with E-state index in [4.69, 9.17) is 9.15 Å². The van der Waals surface area contributed by atoms with Gasteiger partial charge in [-0.3, -0.25) is 0 Å². The van der Waals surface area contributed by atoms with Gasteiger partial charge >= 0.3 is 0 Å². The number of hydrogen-bond donors (Lipinski definition) is 2. The minimum Gasteiger partial charge on any atom is -0.432 e. The van der Waals surface area contributed by atoms with Crippen molar-refractivity contribution in [2.45, 2.75) is 39.4 Å². The van der Waals surface area contributed by atoms with Crippen LogP contribution in [0, 0.1) is 6.92 Å². The highest BCUT2D eigenvalue weighted by Gasteiger charge is 2.31. The minimum absolute atomic E-state index is 0.208. The minimum atomic E-state index is -0.208. The van der Waals surface area contributed by atoms with Crippen molar-refractivity contribution < 1.29 is 14.1 Å². The summed E-state index contributed by atoms with van der Waals surface area (Å²) in [5, 5.41) is 4.37. The van der Waals surface area contributed by atoms with Gasteiger partial charge in [0.15, 0.2) is 11.4 Å². The van der Waals surface area contributed by atoms with Gasteiger partial charge in [-0.15, -0.1) is 0 Å². The molecule has 0 aromatic carbocycles. The molecule has 0 fully saturated rings. The summed E-state index contributed by atoms with van der Waals surface area (Å²) in [6.07, 6.45) is 2.41. The van der Waals surface area contributed by atoms with Crippen LogP contribution in [0.25, 0.3) is 22.2 Å². The summed E-state index contributed by atoms with van der Waals surface area (Å²) >= 11 is 0. The van der Waals surface area contributed by atoms with Crippen molar-refractivity contribution in [2.24, 2.45) is 0 Å². The molecule has 0 radical (unpaired) electrons. The quantitative estimate of drug-likeness (QED) is 0.737. The van der Waals surface area contributed by atoms with Crippen molar-refractivity contribution in [3.63, 3.8) is 0 Å². The van der Waals surface area contributed by atoms with Gasteiger partial charge in [-0.25, -0.2) is 15.0 Å². The molecule has 0 saturated heterocycles. The number of rotatable bonds is 4. The molecule has 4 rings (SSSR count). The standard InChI is InChI=1S/C19H25N5O2/c1-11-13-9-25-19(2,3)8-12(13)14-15-16(26-18(14)23-11)17(22-10-21-15)20-6-7-24(4)5/h10H,6-9H2,1-5H3,(H,20,21,22)/p+1. The van der Waals surface area contributed by atoms with Crippen molar-refractivity contribution in [3.05, 3.63) is 23.1 Å². The van der Waals surface area contributed by atoms with E-state index in [0.29, 0.717) is 17.9 Å². The van der Waals surface area contributed by atoms with Gasteiger partial charge in [-0.05, 0) is 26.3 Å². The molecule has 1 aliphatic rings. The fourth-order valence-electron chi connectivity index (χ4n) is 3.53. The van der Waals surface area contributed by atoms with E-state index in [1.165, 1.54) is 10.5 Å². The lowest BCUT2D eigenvalue weighted by Crippen LogP contribution is -3.06. The molecular formula is C19H26N5O2+. The van der Waals surface area contributed by atoms with Gasteiger partial charge in [0.2, 0.25) is 5.71 Å². The summed E-state index contributed by atoms with van der Waals surface area (Å²) in [5.41, 5.74) is 5.29. The van der Waals surface area contributed by atoms with Gasteiger partial charge in [0.05, 0.1) is 44.8 Å². The zero-order valence-corrected chi connectivity index (χ0v) is 16.1. The third-order valence-corrected chi connectivity index (χ3v) is 4.95. The number of nitrogens with zero attached hydrogens (tertiary/aromatic N) is 3. The molecule has 1 aliphatic heterocycles. The number of likely N-dealkylation sites (N-methyl/N-ethyl adjacent to an activating group) is 1. The van der Waals surface area contributed by atoms with Crippen LogP contribution >= 0.6 is 0 Å². The zero-order valence-electron chi connectivity index (χ0n) is 16.1. The number of aromatic nitrogens is 3. The maximum atomic E-state index is 6.11. The van der Waals surface area contributed by atoms with Crippen LogP contribution in [0.15, 0.2) is 10.7 Å². The number of fused-ring (bicyclic) bond motifs is 5. The van der Waals surface area contributed by atoms with E-state index in [2.05, 4.69) is 48.2 Å². The molecule has 138 valence electrons. The number of pyridine rings is 1. The average Bonchev–Trinajstić information content (AvgIpc) is 2.92. The molecule has 2 N–H and O–H groups in total. The lowest BCUT2D eigenvalue weighted by Gasteiger charge is -2.32. The largest absolute Gasteiger partial charge is 0.432 e. The fraction of sp³-hybridized carbons (Fsp3) is 0.526. The van der Waals surface area contributed by atoms with Gasteiger partial charge in [-0.2, -0.15) is 0 Å². The molecule has 0 spiro atoms. The average molecular weight is 356 g/mol. The van der Waals surface area contributed by atoms with Crippen LogP contribution in [0.2, 0.25) is 0 Å². The Morgan fingerprint density at radius 3 is 2.81 bits per heavy atom. The van der Waals surface area contributed by atoms with E-state index in [1.807, 2.05) is 6.92 Å². The molecule has 7 nitrogen and oxygen atoms in total. The molecule has 0 atom stereocenters. The Balaban J connectivity index is 1.87. The number of quaternary nitrogens is 1. The van der Waals surface area contributed by atoms with Crippen molar-refractivity contribution in [3.8, 4) is 0 Å². The number of hydrogen-bond acceptors (Lipinski definition) is 6. The van der Waals surface area contributed by atoms with E-state index in [9.17, 15) is 0 Å². The molecule has 3 aromatic rings. The van der Waals surface area contributed by atoms with Crippen LogP contribution in [0.1, 0.15) is 30.7 Å². The number of nitrogens with one attached hydrogen (secondary N) is 2. The Kier molecular flexibility index (Phi) is 4.08. The molecule has 0 saturated carbocycles. The molecule has 26 heavy (non-hydrogen) atoms. The van der Waals surface area contributed by atoms with Gasteiger partial charge in [-0.1, -0.05) is 0 Å². The summed E-state index contributed by atoms with van der Waals surface area (Å²) in [7, 11) is 4.25. The van der Waals surface area contributed by atoms with Crippen LogP contribution in [-0.2, 0) is 17.8 Å². The Labute approximate surface area is 152 Å². The Bertz CT molecular complexity index is 977. The summed E-state index contributed by atoms with van der Waals surface area (Å²) in [6.45, 7) is 8.63. The van der Waals surface area contributed by atoms with Crippen LogP contribution in [-0.4, -0.2) is 47.7 Å². The summed E-state index contributed by atoms with van der Waals surface area (Å²) in [6, 6.07) is 0. The second kappa shape index (κ2) is 6.17. The number of ether oxygens (including phenoxy) is 1. The molecule has 3 aromatic heterocycles. The molecule has 0 bridgehead atoms. The predicted octanol–water partition coefficient (Wildman–Crippen LogP) is 1.49. The highest BCUT2D eigenvalue weighted by molar-refractivity contribution is 6.06. The van der Waals surface area contributed by atoms with Gasteiger partial charge < -0.3 is 19.4 Å². The second-order valence-electron chi connectivity index (χ2n) is 7.95. The maximum Gasteiger partial charge on any atom is 0.229 e. The Morgan fingerprint density at radius 2 is 2.04 bits per heavy atom. The van der Waals surface area contributed by atoms with Crippen molar-refractivity contribution in [1.29, 1.82) is 0 Å². The van der Waals surface area contributed by atoms with Crippen LogP contribution in [0.5, 0.6) is 0 Å². The van der Waals surface area contributed by atoms with Crippen LogP contribution < -0.4 is 10.2 Å². The topological polar surface area (TPSA) is 77.5 Å². The third-order valence-electron chi connectivity index (χ3n) is 4.95. The SMILES string of the molecule is Cc1nc2oc3c(NCC[NH+](C)C)ncnc3c2c2c1COC(C)(C)C2.